The zero-order valence-corrected chi connectivity index (χ0v) is 12.1. The average Bonchev–Trinajstić information content (AvgIpc) is 2.96. The number of hydrogen-bond donors (Lipinski definition) is 1. The first-order valence-corrected chi connectivity index (χ1v) is 8.00. The van der Waals surface area contributed by atoms with Gasteiger partial charge in [0.05, 0.1) is 10.8 Å². The van der Waals surface area contributed by atoms with Crippen LogP contribution >= 0.6 is 11.8 Å². The summed E-state index contributed by atoms with van der Waals surface area (Å²) in [5.41, 5.74) is 0. The normalized spacial score (nSPS) is 44.9. The molecular formula is C14H22N2OS. The molecule has 3 fully saturated rings. The summed E-state index contributed by atoms with van der Waals surface area (Å²) in [5, 5.41) is 3.87. The van der Waals surface area contributed by atoms with Crippen LogP contribution in [0.2, 0.25) is 0 Å². The minimum absolute atomic E-state index is 0.149. The van der Waals surface area contributed by atoms with Crippen molar-refractivity contribution in [2.45, 2.75) is 63.2 Å². The summed E-state index contributed by atoms with van der Waals surface area (Å²) >= 11 is 1.65. The molecule has 2 saturated carbocycles. The van der Waals surface area contributed by atoms with Crippen molar-refractivity contribution in [3.63, 3.8) is 0 Å². The first-order valence-electron chi connectivity index (χ1n) is 7.19. The number of amidine groups is 1. The molecule has 4 heteroatoms. The first kappa shape index (κ1) is 12.5. The van der Waals surface area contributed by atoms with Crippen LogP contribution in [0, 0.1) is 11.8 Å². The molecular weight excluding hydrogens is 244 g/mol. The van der Waals surface area contributed by atoms with Gasteiger partial charge in [0.2, 0.25) is 5.91 Å². The van der Waals surface area contributed by atoms with Gasteiger partial charge in [0.25, 0.3) is 0 Å². The molecule has 0 aromatic heterocycles. The molecule has 0 spiro atoms. The van der Waals surface area contributed by atoms with Crippen molar-refractivity contribution in [1.29, 1.82) is 0 Å². The summed E-state index contributed by atoms with van der Waals surface area (Å²) in [6.07, 6.45) is 7.33. The summed E-state index contributed by atoms with van der Waals surface area (Å²) in [6, 6.07) is 0.482. The van der Waals surface area contributed by atoms with Crippen LogP contribution in [-0.4, -0.2) is 21.9 Å². The summed E-state index contributed by atoms with van der Waals surface area (Å²) in [7, 11) is 0. The molecule has 3 rings (SSSR count). The van der Waals surface area contributed by atoms with Gasteiger partial charge in [0.15, 0.2) is 5.17 Å². The summed E-state index contributed by atoms with van der Waals surface area (Å²) < 4.78 is -0.287. The van der Waals surface area contributed by atoms with Crippen molar-refractivity contribution in [3.05, 3.63) is 0 Å². The summed E-state index contributed by atoms with van der Waals surface area (Å²) in [6.45, 7) is 4.17. The third kappa shape index (κ3) is 2.09. The highest BCUT2D eigenvalue weighted by molar-refractivity contribution is 8.16. The van der Waals surface area contributed by atoms with Gasteiger partial charge < -0.3 is 5.32 Å². The fourth-order valence-electron chi connectivity index (χ4n) is 3.73. The van der Waals surface area contributed by atoms with Gasteiger partial charge in [-0.15, -0.1) is 0 Å². The number of carbonyl (C=O) groups excluding carboxylic acids is 1. The number of carbonyl (C=O) groups is 1. The molecule has 3 nitrogen and oxygen atoms in total. The fraction of sp³-hybridized carbons (Fsp3) is 0.857. The Hall–Kier alpha value is -0.510. The van der Waals surface area contributed by atoms with Crippen molar-refractivity contribution in [2.75, 3.05) is 0 Å². The molecule has 100 valence electrons. The van der Waals surface area contributed by atoms with E-state index in [0.29, 0.717) is 6.04 Å². The molecule has 0 radical (unpaired) electrons. The van der Waals surface area contributed by atoms with Crippen LogP contribution in [0.15, 0.2) is 4.99 Å². The number of nitrogens with zero attached hydrogens (tertiary/aromatic N) is 1. The predicted octanol–water partition coefficient (Wildman–Crippen LogP) is 2.95. The Morgan fingerprint density at radius 2 is 2.28 bits per heavy atom. The minimum Gasteiger partial charge on any atom is -0.304 e. The van der Waals surface area contributed by atoms with Crippen LogP contribution in [0.25, 0.3) is 0 Å². The third-order valence-electron chi connectivity index (χ3n) is 4.73. The fourth-order valence-corrected chi connectivity index (χ4v) is 4.94. The molecule has 3 aliphatic rings. The Morgan fingerprint density at radius 3 is 2.89 bits per heavy atom. The lowest BCUT2D eigenvalue weighted by atomic mass is 9.96. The van der Waals surface area contributed by atoms with Gasteiger partial charge in [0, 0.05) is 0 Å². The minimum atomic E-state index is -0.287. The highest BCUT2D eigenvalue weighted by atomic mass is 32.2. The standard InChI is InChI=1S/C14H22N2OS/c1-3-6-14(2)12(17)16-13(18-14)15-11-8-9-4-5-10(11)7-9/h9-11H,3-8H2,1-2H3,(H,15,16,17)/t9-,10-,11-,14-/m0/s1. The second-order valence-electron chi connectivity index (χ2n) is 6.21. The highest BCUT2D eigenvalue weighted by Crippen LogP contribution is 2.46. The zero-order valence-electron chi connectivity index (χ0n) is 11.2. The van der Waals surface area contributed by atoms with Crippen molar-refractivity contribution < 1.29 is 4.79 Å². The van der Waals surface area contributed by atoms with Gasteiger partial charge in [-0.05, 0) is 44.4 Å². The van der Waals surface area contributed by atoms with Gasteiger partial charge >= 0.3 is 0 Å². The van der Waals surface area contributed by atoms with Crippen LogP contribution in [0.3, 0.4) is 0 Å². The van der Waals surface area contributed by atoms with E-state index < -0.39 is 0 Å². The maximum atomic E-state index is 12.0. The lowest BCUT2D eigenvalue weighted by Gasteiger charge is -2.18. The molecule has 1 aliphatic heterocycles. The number of fused-ring (bicyclic) bond motifs is 2. The molecule has 1 heterocycles. The van der Waals surface area contributed by atoms with E-state index in [0.717, 1.165) is 29.8 Å². The van der Waals surface area contributed by atoms with E-state index in [-0.39, 0.29) is 10.7 Å². The Kier molecular flexibility index (Phi) is 3.16. The zero-order chi connectivity index (χ0) is 12.8. The molecule has 18 heavy (non-hydrogen) atoms. The third-order valence-corrected chi connectivity index (χ3v) is 5.97. The van der Waals surface area contributed by atoms with Gasteiger partial charge in [0.1, 0.15) is 0 Å². The maximum absolute atomic E-state index is 12.0. The number of rotatable bonds is 3. The molecule has 4 atom stereocenters. The largest absolute Gasteiger partial charge is 0.304 e. The van der Waals surface area contributed by atoms with Gasteiger partial charge in [-0.25, -0.2) is 0 Å². The molecule has 0 aromatic rings. The molecule has 1 amide bonds. The molecule has 2 bridgehead atoms. The van der Waals surface area contributed by atoms with Gasteiger partial charge in [-0.1, -0.05) is 31.5 Å². The van der Waals surface area contributed by atoms with E-state index in [1.54, 1.807) is 11.8 Å². The van der Waals surface area contributed by atoms with Crippen LogP contribution in [-0.2, 0) is 4.79 Å². The van der Waals surface area contributed by atoms with Gasteiger partial charge in [-0.2, -0.15) is 0 Å². The van der Waals surface area contributed by atoms with Crippen LogP contribution < -0.4 is 5.32 Å². The smallest absolute Gasteiger partial charge is 0.242 e. The second-order valence-corrected chi connectivity index (χ2v) is 7.71. The number of amides is 1. The van der Waals surface area contributed by atoms with Crippen molar-refractivity contribution in [3.8, 4) is 0 Å². The van der Waals surface area contributed by atoms with E-state index in [9.17, 15) is 4.79 Å². The lowest BCUT2D eigenvalue weighted by molar-refractivity contribution is -0.121. The SMILES string of the molecule is CCC[C@]1(C)SC(=N[C@H]2C[C@H]3CC[C@H]2C3)NC1=O. The van der Waals surface area contributed by atoms with Gasteiger partial charge in [-0.3, -0.25) is 9.79 Å². The van der Waals surface area contributed by atoms with Crippen molar-refractivity contribution in [1.82, 2.24) is 5.32 Å². The first-order chi connectivity index (χ1) is 8.60. The topological polar surface area (TPSA) is 41.5 Å². The van der Waals surface area contributed by atoms with E-state index in [2.05, 4.69) is 12.2 Å². The van der Waals surface area contributed by atoms with E-state index in [4.69, 9.17) is 4.99 Å². The van der Waals surface area contributed by atoms with E-state index in [1.165, 1.54) is 25.7 Å². The Balaban J connectivity index is 1.69. The molecule has 2 aliphatic carbocycles. The van der Waals surface area contributed by atoms with Crippen LogP contribution in [0.4, 0.5) is 0 Å². The van der Waals surface area contributed by atoms with Crippen molar-refractivity contribution >= 4 is 22.8 Å². The van der Waals surface area contributed by atoms with E-state index >= 15 is 0 Å². The Bertz CT molecular complexity index is 395. The highest BCUT2D eigenvalue weighted by Gasteiger charge is 2.44. The number of nitrogens with one attached hydrogen (secondary N) is 1. The average molecular weight is 266 g/mol. The summed E-state index contributed by atoms with van der Waals surface area (Å²) in [4.78, 5) is 16.9. The monoisotopic (exact) mass is 266 g/mol. The van der Waals surface area contributed by atoms with Crippen LogP contribution in [0.5, 0.6) is 0 Å². The van der Waals surface area contributed by atoms with E-state index in [1.807, 2.05) is 6.92 Å². The molecule has 0 unspecified atom stereocenters. The Labute approximate surface area is 113 Å². The number of aliphatic imine (C=N–C) groups is 1. The molecule has 1 saturated heterocycles. The quantitative estimate of drug-likeness (QED) is 0.853. The Morgan fingerprint density at radius 1 is 1.44 bits per heavy atom. The predicted molar refractivity (Wildman–Crippen MR) is 75.7 cm³/mol. The lowest BCUT2D eigenvalue weighted by Crippen LogP contribution is -2.33. The van der Waals surface area contributed by atoms with Crippen LogP contribution in [0.1, 0.15) is 52.4 Å². The molecule has 1 N–H and O–H groups in total. The number of hydrogen-bond acceptors (Lipinski definition) is 3. The molecule has 0 aromatic carbocycles. The van der Waals surface area contributed by atoms with Crippen molar-refractivity contribution in [2.24, 2.45) is 16.8 Å². The summed E-state index contributed by atoms with van der Waals surface area (Å²) in [5.74, 6) is 1.85. The maximum Gasteiger partial charge on any atom is 0.242 e. The second kappa shape index (κ2) is 4.55. The number of thioether (sulfide) groups is 1.